The van der Waals surface area contributed by atoms with Gasteiger partial charge in [-0.2, -0.15) is 0 Å². The summed E-state index contributed by atoms with van der Waals surface area (Å²) in [4.78, 5) is 11.8. The molecule has 1 heterocycles. The average molecular weight is 235 g/mol. The van der Waals surface area contributed by atoms with E-state index in [2.05, 4.69) is 5.32 Å². The van der Waals surface area contributed by atoms with Gasteiger partial charge in [-0.15, -0.1) is 0 Å². The third-order valence-corrected chi connectivity index (χ3v) is 3.69. The van der Waals surface area contributed by atoms with Crippen LogP contribution in [-0.2, 0) is 10.5 Å². The van der Waals surface area contributed by atoms with E-state index in [1.165, 1.54) is 0 Å². The Morgan fingerprint density at radius 3 is 2.59 bits per heavy atom. The van der Waals surface area contributed by atoms with Gasteiger partial charge in [-0.05, 0) is 18.4 Å². The maximum Gasteiger partial charge on any atom is 0.266 e. The lowest BCUT2D eigenvalue weighted by molar-refractivity contribution is -0.128. The standard InChI is InChI=1S/C14H18FNO/c1-3-10(4-2)9-14(15)11-7-5-6-8-12(11)16-13(14)17/h5-8,10H,3-4,9H2,1-2H3,(H,16,17). The second-order valence-corrected chi connectivity index (χ2v) is 4.69. The van der Waals surface area contributed by atoms with E-state index >= 15 is 0 Å². The van der Waals surface area contributed by atoms with Gasteiger partial charge in [-0.3, -0.25) is 4.79 Å². The summed E-state index contributed by atoms with van der Waals surface area (Å²) in [5, 5.41) is 2.63. The van der Waals surface area contributed by atoms with E-state index < -0.39 is 11.6 Å². The number of fused-ring (bicyclic) bond motifs is 1. The molecule has 1 unspecified atom stereocenters. The quantitative estimate of drug-likeness (QED) is 0.848. The summed E-state index contributed by atoms with van der Waals surface area (Å²) in [6.07, 6.45) is 2.08. The van der Waals surface area contributed by atoms with Crippen molar-refractivity contribution in [2.24, 2.45) is 5.92 Å². The molecule has 1 aliphatic rings. The monoisotopic (exact) mass is 235 g/mol. The molecular formula is C14H18FNO. The zero-order valence-electron chi connectivity index (χ0n) is 10.3. The molecule has 17 heavy (non-hydrogen) atoms. The number of anilines is 1. The predicted molar refractivity (Wildman–Crippen MR) is 66.5 cm³/mol. The smallest absolute Gasteiger partial charge is 0.266 e. The van der Waals surface area contributed by atoms with Crippen molar-refractivity contribution >= 4 is 11.6 Å². The molecule has 0 radical (unpaired) electrons. The van der Waals surface area contributed by atoms with E-state index in [9.17, 15) is 9.18 Å². The number of nitrogens with one attached hydrogen (secondary N) is 1. The molecule has 0 saturated carbocycles. The minimum absolute atomic E-state index is 0.247. The van der Waals surface area contributed by atoms with Crippen LogP contribution in [0.1, 0.15) is 38.7 Å². The van der Waals surface area contributed by atoms with Crippen molar-refractivity contribution in [2.45, 2.75) is 38.8 Å². The van der Waals surface area contributed by atoms with Crippen LogP contribution < -0.4 is 5.32 Å². The van der Waals surface area contributed by atoms with E-state index in [-0.39, 0.29) is 12.3 Å². The van der Waals surface area contributed by atoms with Gasteiger partial charge in [-0.1, -0.05) is 44.9 Å². The highest BCUT2D eigenvalue weighted by Gasteiger charge is 2.48. The van der Waals surface area contributed by atoms with E-state index in [0.29, 0.717) is 11.3 Å². The Bertz CT molecular complexity index is 428. The average Bonchev–Trinajstić information content (AvgIpc) is 2.59. The second-order valence-electron chi connectivity index (χ2n) is 4.69. The number of para-hydroxylation sites is 1. The Morgan fingerprint density at radius 1 is 1.29 bits per heavy atom. The number of amides is 1. The molecule has 0 fully saturated rings. The maximum absolute atomic E-state index is 14.9. The van der Waals surface area contributed by atoms with Gasteiger partial charge in [0.1, 0.15) is 0 Å². The second kappa shape index (κ2) is 4.47. The molecule has 1 atom stereocenters. The first kappa shape index (κ1) is 12.1. The van der Waals surface area contributed by atoms with Gasteiger partial charge >= 0.3 is 0 Å². The number of alkyl halides is 1. The van der Waals surface area contributed by atoms with Crippen molar-refractivity contribution in [3.8, 4) is 0 Å². The molecule has 0 aliphatic carbocycles. The van der Waals surface area contributed by atoms with Gasteiger partial charge in [0.2, 0.25) is 5.67 Å². The number of rotatable bonds is 4. The van der Waals surface area contributed by atoms with Gasteiger partial charge < -0.3 is 5.32 Å². The number of hydrogen-bond acceptors (Lipinski definition) is 1. The molecule has 0 bridgehead atoms. The van der Waals surface area contributed by atoms with E-state index in [0.717, 1.165) is 12.8 Å². The maximum atomic E-state index is 14.9. The first-order chi connectivity index (χ1) is 8.11. The first-order valence-electron chi connectivity index (χ1n) is 6.21. The van der Waals surface area contributed by atoms with Gasteiger partial charge in [0, 0.05) is 11.3 Å². The fourth-order valence-electron chi connectivity index (χ4n) is 2.46. The molecule has 92 valence electrons. The minimum atomic E-state index is -1.84. The summed E-state index contributed by atoms with van der Waals surface area (Å²) in [5.74, 6) is -0.262. The molecular weight excluding hydrogens is 217 g/mol. The number of hydrogen-bond donors (Lipinski definition) is 1. The van der Waals surface area contributed by atoms with Crippen LogP contribution in [0.25, 0.3) is 0 Å². The van der Waals surface area contributed by atoms with Gasteiger partial charge in [0.15, 0.2) is 0 Å². The summed E-state index contributed by atoms with van der Waals surface area (Å²) in [7, 11) is 0. The summed E-state index contributed by atoms with van der Waals surface area (Å²) in [6.45, 7) is 4.08. The fourth-order valence-corrected chi connectivity index (χ4v) is 2.46. The molecule has 2 nitrogen and oxygen atoms in total. The van der Waals surface area contributed by atoms with Gasteiger partial charge in [0.25, 0.3) is 5.91 Å². The largest absolute Gasteiger partial charge is 0.323 e. The molecule has 1 aromatic rings. The van der Waals surface area contributed by atoms with Crippen LogP contribution >= 0.6 is 0 Å². The Balaban J connectivity index is 2.33. The number of halogens is 1. The van der Waals surface area contributed by atoms with Crippen molar-refractivity contribution in [3.63, 3.8) is 0 Å². The Morgan fingerprint density at radius 2 is 1.94 bits per heavy atom. The van der Waals surface area contributed by atoms with E-state index in [4.69, 9.17) is 0 Å². The molecule has 1 amide bonds. The molecule has 1 aliphatic heterocycles. The number of carbonyl (C=O) groups excluding carboxylic acids is 1. The lowest BCUT2D eigenvalue weighted by atomic mass is 9.84. The van der Waals surface area contributed by atoms with Gasteiger partial charge in [0.05, 0.1) is 0 Å². The van der Waals surface area contributed by atoms with Crippen LogP contribution in [0, 0.1) is 5.92 Å². The van der Waals surface area contributed by atoms with Crippen LogP contribution in [-0.4, -0.2) is 5.91 Å². The van der Waals surface area contributed by atoms with Crippen LogP contribution in [0.4, 0.5) is 10.1 Å². The zero-order valence-corrected chi connectivity index (χ0v) is 10.3. The van der Waals surface area contributed by atoms with Crippen molar-refractivity contribution in [1.29, 1.82) is 0 Å². The van der Waals surface area contributed by atoms with Crippen LogP contribution in [0.15, 0.2) is 24.3 Å². The lowest BCUT2D eigenvalue weighted by Crippen LogP contribution is -2.31. The van der Waals surface area contributed by atoms with Gasteiger partial charge in [-0.25, -0.2) is 4.39 Å². The summed E-state index contributed by atoms with van der Waals surface area (Å²) >= 11 is 0. The molecule has 1 aromatic carbocycles. The molecule has 0 spiro atoms. The van der Waals surface area contributed by atoms with Crippen LogP contribution in [0.5, 0.6) is 0 Å². The molecule has 2 rings (SSSR count). The molecule has 1 N–H and O–H groups in total. The zero-order chi connectivity index (χ0) is 12.5. The Kier molecular flexibility index (Phi) is 3.18. The Hall–Kier alpha value is -1.38. The summed E-state index contributed by atoms with van der Waals surface area (Å²) in [6, 6.07) is 7.04. The first-order valence-corrected chi connectivity index (χ1v) is 6.21. The number of carbonyl (C=O) groups is 1. The van der Waals surface area contributed by atoms with Crippen molar-refractivity contribution in [3.05, 3.63) is 29.8 Å². The third-order valence-electron chi connectivity index (χ3n) is 3.69. The van der Waals surface area contributed by atoms with Crippen molar-refractivity contribution in [2.75, 3.05) is 5.32 Å². The SMILES string of the molecule is CCC(CC)CC1(F)C(=O)Nc2ccccc21. The van der Waals surface area contributed by atoms with Crippen molar-refractivity contribution < 1.29 is 9.18 Å². The normalized spacial score (nSPS) is 22.7. The fraction of sp³-hybridized carbons (Fsp3) is 0.500. The summed E-state index contributed by atoms with van der Waals surface area (Å²) < 4.78 is 14.9. The van der Waals surface area contributed by atoms with Crippen LogP contribution in [0.3, 0.4) is 0 Å². The third kappa shape index (κ3) is 1.94. The number of benzene rings is 1. The van der Waals surface area contributed by atoms with Crippen molar-refractivity contribution in [1.82, 2.24) is 0 Å². The highest BCUT2D eigenvalue weighted by molar-refractivity contribution is 6.04. The lowest BCUT2D eigenvalue weighted by Gasteiger charge is -2.23. The van der Waals surface area contributed by atoms with E-state index in [1.54, 1.807) is 18.2 Å². The highest BCUT2D eigenvalue weighted by atomic mass is 19.1. The molecule has 0 saturated heterocycles. The summed E-state index contributed by atoms with van der Waals surface area (Å²) in [5.41, 5.74) is -0.726. The molecule has 0 aromatic heterocycles. The topological polar surface area (TPSA) is 29.1 Å². The Labute approximate surface area is 101 Å². The van der Waals surface area contributed by atoms with Crippen LogP contribution in [0.2, 0.25) is 0 Å². The van der Waals surface area contributed by atoms with E-state index in [1.807, 2.05) is 19.9 Å². The highest BCUT2D eigenvalue weighted by Crippen LogP contribution is 2.44. The predicted octanol–water partition coefficient (Wildman–Crippen LogP) is 3.63. The molecule has 3 heteroatoms. The minimum Gasteiger partial charge on any atom is -0.323 e.